The van der Waals surface area contributed by atoms with E-state index in [0.717, 1.165) is 0 Å². The van der Waals surface area contributed by atoms with Crippen molar-refractivity contribution in [2.75, 3.05) is 19.5 Å². The Bertz CT molecular complexity index is 1230. The fourth-order valence-corrected chi connectivity index (χ4v) is 3.72. The SMILES string of the molecule is COc1ccc(/C=c2\s/c(=C\C(=O)Nc3ccccc3OC)n(C)c2=O)cc1O. The topological polar surface area (TPSA) is 89.8 Å². The lowest BCUT2D eigenvalue weighted by atomic mass is 10.2. The van der Waals surface area contributed by atoms with Crippen LogP contribution in [0.1, 0.15) is 5.56 Å². The molecular weight excluding hydrogens is 392 g/mol. The van der Waals surface area contributed by atoms with Gasteiger partial charge in [-0.25, -0.2) is 0 Å². The summed E-state index contributed by atoms with van der Waals surface area (Å²) in [5.41, 5.74) is 0.951. The van der Waals surface area contributed by atoms with Gasteiger partial charge in [0, 0.05) is 13.1 Å². The molecule has 0 saturated heterocycles. The summed E-state index contributed by atoms with van der Waals surface area (Å²) in [5.74, 6) is 0.503. The Morgan fingerprint density at radius 1 is 1.14 bits per heavy atom. The first-order valence-corrected chi connectivity index (χ1v) is 9.45. The number of hydrogen-bond donors (Lipinski definition) is 2. The van der Waals surface area contributed by atoms with E-state index in [1.165, 1.54) is 42.3 Å². The van der Waals surface area contributed by atoms with Gasteiger partial charge in [0.05, 0.1) is 24.4 Å². The van der Waals surface area contributed by atoms with Gasteiger partial charge in [-0.1, -0.05) is 18.2 Å². The van der Waals surface area contributed by atoms with Crippen molar-refractivity contribution in [3.63, 3.8) is 0 Å². The number of aromatic hydroxyl groups is 1. The fraction of sp³-hybridized carbons (Fsp3) is 0.143. The van der Waals surface area contributed by atoms with E-state index in [9.17, 15) is 14.7 Å². The molecule has 0 aliphatic carbocycles. The highest BCUT2D eigenvalue weighted by molar-refractivity contribution is 7.07. The Balaban J connectivity index is 1.95. The van der Waals surface area contributed by atoms with Gasteiger partial charge in [-0.05, 0) is 35.9 Å². The quantitative estimate of drug-likeness (QED) is 0.662. The predicted molar refractivity (Wildman–Crippen MR) is 113 cm³/mol. The van der Waals surface area contributed by atoms with E-state index in [4.69, 9.17) is 9.47 Å². The van der Waals surface area contributed by atoms with E-state index in [1.54, 1.807) is 49.5 Å². The zero-order chi connectivity index (χ0) is 21.0. The number of methoxy groups -OCH3 is 2. The number of rotatable bonds is 5. The van der Waals surface area contributed by atoms with Crippen LogP contribution in [0.3, 0.4) is 0 Å². The molecule has 0 aliphatic rings. The zero-order valence-electron chi connectivity index (χ0n) is 16.1. The van der Waals surface area contributed by atoms with Crippen LogP contribution in [0.4, 0.5) is 5.69 Å². The lowest BCUT2D eigenvalue weighted by Crippen LogP contribution is -2.29. The third kappa shape index (κ3) is 4.49. The van der Waals surface area contributed by atoms with E-state index in [2.05, 4.69) is 5.32 Å². The molecule has 0 fully saturated rings. The number of benzene rings is 2. The molecule has 0 radical (unpaired) electrons. The predicted octanol–water partition coefficient (Wildman–Crippen LogP) is 1.42. The fourth-order valence-electron chi connectivity index (χ4n) is 2.68. The Morgan fingerprint density at radius 2 is 1.86 bits per heavy atom. The van der Waals surface area contributed by atoms with Crippen LogP contribution >= 0.6 is 11.3 Å². The molecule has 0 spiro atoms. The highest BCUT2D eigenvalue weighted by Gasteiger charge is 2.07. The summed E-state index contributed by atoms with van der Waals surface area (Å²) in [5, 5.41) is 12.7. The average molecular weight is 412 g/mol. The van der Waals surface area contributed by atoms with Crippen LogP contribution < -0.4 is 29.5 Å². The zero-order valence-corrected chi connectivity index (χ0v) is 16.9. The molecule has 1 aromatic heterocycles. The molecule has 7 nitrogen and oxygen atoms in total. The second kappa shape index (κ2) is 8.66. The van der Waals surface area contributed by atoms with E-state index in [1.807, 2.05) is 0 Å². The number of carbonyl (C=O) groups is 1. The van der Waals surface area contributed by atoms with Gasteiger partial charge < -0.3 is 24.5 Å². The summed E-state index contributed by atoms with van der Waals surface area (Å²) in [7, 11) is 4.59. The number of nitrogens with one attached hydrogen (secondary N) is 1. The number of para-hydroxylation sites is 2. The maximum Gasteiger partial charge on any atom is 0.268 e. The molecule has 2 N–H and O–H groups in total. The lowest BCUT2D eigenvalue weighted by molar-refractivity contribution is -0.110. The minimum atomic E-state index is -0.375. The normalized spacial score (nSPS) is 12.1. The highest BCUT2D eigenvalue weighted by Crippen LogP contribution is 2.26. The second-order valence-electron chi connectivity index (χ2n) is 6.08. The van der Waals surface area contributed by atoms with Crippen LogP contribution in [0.15, 0.2) is 47.3 Å². The molecule has 0 unspecified atom stereocenters. The summed E-state index contributed by atoms with van der Waals surface area (Å²) in [6.45, 7) is 0. The molecule has 2 aromatic carbocycles. The van der Waals surface area contributed by atoms with Crippen molar-refractivity contribution in [2.45, 2.75) is 0 Å². The first-order valence-electron chi connectivity index (χ1n) is 8.63. The van der Waals surface area contributed by atoms with Gasteiger partial charge in [0.15, 0.2) is 11.5 Å². The van der Waals surface area contributed by atoms with Crippen molar-refractivity contribution in [1.29, 1.82) is 0 Å². The van der Waals surface area contributed by atoms with Gasteiger partial charge in [0.1, 0.15) is 10.4 Å². The number of hydrogen-bond acceptors (Lipinski definition) is 6. The molecule has 0 atom stereocenters. The first-order chi connectivity index (χ1) is 13.9. The van der Waals surface area contributed by atoms with Crippen molar-refractivity contribution in [3.05, 3.63) is 67.6 Å². The maximum absolute atomic E-state index is 12.5. The van der Waals surface area contributed by atoms with Crippen molar-refractivity contribution in [3.8, 4) is 17.2 Å². The van der Waals surface area contributed by atoms with Crippen molar-refractivity contribution < 1.29 is 19.4 Å². The average Bonchev–Trinajstić information content (AvgIpc) is 2.96. The largest absolute Gasteiger partial charge is 0.504 e. The van der Waals surface area contributed by atoms with Crippen molar-refractivity contribution in [2.24, 2.45) is 7.05 Å². The van der Waals surface area contributed by atoms with Crippen LogP contribution in [0, 0.1) is 0 Å². The number of phenolic OH excluding ortho intramolecular Hbond substituents is 1. The third-order valence-corrected chi connectivity index (χ3v) is 5.29. The monoisotopic (exact) mass is 412 g/mol. The Labute approximate surface area is 170 Å². The third-order valence-electron chi connectivity index (χ3n) is 4.18. The Hall–Kier alpha value is -3.52. The standard InChI is InChI=1S/C21H20N2O5S/c1-23-20(12-19(25)22-14-6-4-5-7-16(14)27-2)29-18(21(23)26)11-13-8-9-17(28-3)15(24)10-13/h4-12,24H,1-3H3,(H,22,25)/b18-11-,20-12-. The number of nitrogens with zero attached hydrogens (tertiary/aromatic N) is 1. The number of aromatic nitrogens is 1. The molecule has 0 saturated carbocycles. The summed E-state index contributed by atoms with van der Waals surface area (Å²) < 4.78 is 12.6. The van der Waals surface area contributed by atoms with Gasteiger partial charge >= 0.3 is 0 Å². The van der Waals surface area contributed by atoms with Crippen molar-refractivity contribution >= 4 is 35.1 Å². The summed E-state index contributed by atoms with van der Waals surface area (Å²) >= 11 is 1.18. The number of thiazole rings is 1. The van der Waals surface area contributed by atoms with E-state index in [-0.39, 0.29) is 17.2 Å². The van der Waals surface area contributed by atoms with Crippen LogP contribution in [0.5, 0.6) is 17.2 Å². The number of amides is 1. The molecule has 3 aromatic rings. The van der Waals surface area contributed by atoms with Crippen LogP contribution in [-0.2, 0) is 11.8 Å². The molecule has 1 heterocycles. The molecule has 3 rings (SSSR count). The van der Waals surface area contributed by atoms with Crippen molar-refractivity contribution in [1.82, 2.24) is 4.57 Å². The van der Waals surface area contributed by atoms with Gasteiger partial charge in [0.2, 0.25) is 0 Å². The maximum atomic E-state index is 12.5. The minimum absolute atomic E-state index is 0.0161. The summed E-state index contributed by atoms with van der Waals surface area (Å²) in [4.78, 5) is 24.9. The molecule has 150 valence electrons. The van der Waals surface area contributed by atoms with Crippen LogP contribution in [-0.4, -0.2) is 29.8 Å². The lowest BCUT2D eigenvalue weighted by Gasteiger charge is -2.07. The number of carbonyl (C=O) groups excluding carboxylic acids is 1. The smallest absolute Gasteiger partial charge is 0.268 e. The Morgan fingerprint density at radius 3 is 2.55 bits per heavy atom. The minimum Gasteiger partial charge on any atom is -0.504 e. The van der Waals surface area contributed by atoms with Gasteiger partial charge in [0.25, 0.3) is 11.5 Å². The highest BCUT2D eigenvalue weighted by atomic mass is 32.1. The number of ether oxygens (including phenoxy) is 2. The molecular formula is C21H20N2O5S. The molecule has 0 aliphatic heterocycles. The second-order valence-corrected chi connectivity index (χ2v) is 7.14. The van der Waals surface area contributed by atoms with E-state index >= 15 is 0 Å². The van der Waals surface area contributed by atoms with Crippen LogP contribution in [0.2, 0.25) is 0 Å². The van der Waals surface area contributed by atoms with Gasteiger partial charge in [-0.3, -0.25) is 9.59 Å². The molecule has 8 heteroatoms. The number of anilines is 1. The van der Waals surface area contributed by atoms with Gasteiger partial charge in [-0.15, -0.1) is 11.3 Å². The van der Waals surface area contributed by atoms with Crippen LogP contribution in [0.25, 0.3) is 12.2 Å². The molecule has 29 heavy (non-hydrogen) atoms. The van der Waals surface area contributed by atoms with E-state index < -0.39 is 0 Å². The van der Waals surface area contributed by atoms with Gasteiger partial charge in [-0.2, -0.15) is 0 Å². The van der Waals surface area contributed by atoms with E-state index in [0.29, 0.717) is 31.9 Å². The summed E-state index contributed by atoms with van der Waals surface area (Å²) in [6.07, 6.45) is 3.02. The first kappa shape index (κ1) is 20.2. The molecule has 1 amide bonds. The Kier molecular flexibility index (Phi) is 6.04. The molecule has 0 bridgehead atoms. The summed E-state index contributed by atoms with van der Waals surface area (Å²) in [6, 6.07) is 11.9. The number of phenols is 1.